The van der Waals surface area contributed by atoms with Crippen molar-refractivity contribution in [2.45, 2.75) is 45.1 Å². The highest BCUT2D eigenvalue weighted by Gasteiger charge is 2.24. The number of nitrogens with zero attached hydrogens (tertiary/aromatic N) is 1. The zero-order chi connectivity index (χ0) is 13.0. The lowest BCUT2D eigenvalue weighted by Gasteiger charge is -2.28. The molecule has 0 radical (unpaired) electrons. The second-order valence-corrected chi connectivity index (χ2v) is 5.15. The van der Waals surface area contributed by atoms with Crippen molar-refractivity contribution in [1.82, 2.24) is 4.98 Å². The number of aromatic nitrogens is 1. The van der Waals surface area contributed by atoms with E-state index < -0.39 is 0 Å². The molecule has 1 aliphatic rings. The molecule has 0 aliphatic heterocycles. The first-order valence-electron chi connectivity index (χ1n) is 6.63. The number of hydrogen-bond acceptors (Lipinski definition) is 3. The van der Waals surface area contributed by atoms with Crippen LogP contribution in [0.15, 0.2) is 18.5 Å². The highest BCUT2D eigenvalue weighted by Crippen LogP contribution is 2.26. The van der Waals surface area contributed by atoms with E-state index in [-0.39, 0.29) is 36.8 Å². The smallest absolute Gasteiger partial charge is 0.224 e. The predicted molar refractivity (Wildman–Crippen MR) is 86.7 cm³/mol. The summed E-state index contributed by atoms with van der Waals surface area (Å²) in [6, 6.07) is 2.01. The summed E-state index contributed by atoms with van der Waals surface area (Å²) in [6.45, 7) is 1.94. The number of carbonyl (C=O) groups is 1. The molecule has 2 atom stereocenters. The molecule has 6 heteroatoms. The summed E-state index contributed by atoms with van der Waals surface area (Å²) in [4.78, 5) is 16.0. The van der Waals surface area contributed by atoms with E-state index in [4.69, 9.17) is 5.73 Å². The Morgan fingerprint density at radius 2 is 2.10 bits per heavy atom. The van der Waals surface area contributed by atoms with E-state index >= 15 is 0 Å². The van der Waals surface area contributed by atoms with Crippen LogP contribution in [0.25, 0.3) is 0 Å². The Morgan fingerprint density at radius 3 is 2.75 bits per heavy atom. The number of halogens is 2. The van der Waals surface area contributed by atoms with E-state index in [1.54, 1.807) is 12.4 Å². The van der Waals surface area contributed by atoms with Crippen molar-refractivity contribution in [2.75, 3.05) is 5.32 Å². The van der Waals surface area contributed by atoms with E-state index in [0.29, 0.717) is 12.3 Å². The topological polar surface area (TPSA) is 68.0 Å². The Bertz CT molecular complexity index is 429. The molecular weight excluding hydrogens is 297 g/mol. The molecule has 114 valence electrons. The third-order valence-electron chi connectivity index (χ3n) is 3.71. The minimum Gasteiger partial charge on any atom is -0.327 e. The van der Waals surface area contributed by atoms with Gasteiger partial charge in [-0.2, -0.15) is 0 Å². The summed E-state index contributed by atoms with van der Waals surface area (Å²) in [5, 5.41) is 2.94. The lowest BCUT2D eigenvalue weighted by atomic mass is 9.83. The van der Waals surface area contributed by atoms with Gasteiger partial charge >= 0.3 is 0 Å². The van der Waals surface area contributed by atoms with E-state index in [0.717, 1.165) is 24.1 Å². The summed E-state index contributed by atoms with van der Waals surface area (Å²) < 4.78 is 0. The number of rotatable bonds is 3. The van der Waals surface area contributed by atoms with Gasteiger partial charge < -0.3 is 11.1 Å². The lowest BCUT2D eigenvalue weighted by molar-refractivity contribution is -0.117. The zero-order valence-corrected chi connectivity index (χ0v) is 13.3. The third-order valence-corrected chi connectivity index (χ3v) is 3.71. The summed E-state index contributed by atoms with van der Waals surface area (Å²) in [5.41, 5.74) is 7.89. The van der Waals surface area contributed by atoms with Gasteiger partial charge in [-0.3, -0.25) is 9.78 Å². The second-order valence-electron chi connectivity index (χ2n) is 5.15. The molecule has 20 heavy (non-hydrogen) atoms. The highest BCUT2D eigenvalue weighted by atomic mass is 35.5. The van der Waals surface area contributed by atoms with Crippen LogP contribution in [0.2, 0.25) is 0 Å². The normalized spacial score (nSPS) is 21.3. The molecule has 3 N–H and O–H groups in total. The fraction of sp³-hybridized carbons (Fsp3) is 0.571. The number of pyridine rings is 1. The molecule has 1 fully saturated rings. The molecule has 0 spiro atoms. The largest absolute Gasteiger partial charge is 0.327 e. The minimum atomic E-state index is 0. The van der Waals surface area contributed by atoms with Crippen molar-refractivity contribution < 1.29 is 4.79 Å². The van der Waals surface area contributed by atoms with Gasteiger partial charge in [-0.1, -0.05) is 12.8 Å². The number of carbonyl (C=O) groups excluding carboxylic acids is 1. The van der Waals surface area contributed by atoms with Gasteiger partial charge in [0.1, 0.15) is 0 Å². The van der Waals surface area contributed by atoms with Gasteiger partial charge in [-0.15, -0.1) is 24.8 Å². The molecule has 1 heterocycles. The zero-order valence-electron chi connectivity index (χ0n) is 11.7. The average molecular weight is 320 g/mol. The van der Waals surface area contributed by atoms with Crippen molar-refractivity contribution in [2.24, 2.45) is 11.7 Å². The van der Waals surface area contributed by atoms with Crippen LogP contribution >= 0.6 is 24.8 Å². The molecule has 1 aromatic rings. The van der Waals surface area contributed by atoms with Gasteiger partial charge in [0, 0.05) is 30.5 Å². The standard InChI is InChI=1S/C14H21N3O.2ClH/c1-10-9-16-7-6-13(10)17-14(18)8-11-4-2-3-5-12(11)15;;/h6-7,9,11-12H,2-5,8,15H2,1H3,(H,16,17,18);2*1H. The van der Waals surface area contributed by atoms with Crippen LogP contribution in [0.3, 0.4) is 0 Å². The lowest BCUT2D eigenvalue weighted by Crippen LogP contribution is -2.35. The number of anilines is 1. The van der Waals surface area contributed by atoms with Crippen molar-refractivity contribution in [3.63, 3.8) is 0 Å². The number of nitrogens with two attached hydrogens (primary N) is 1. The van der Waals surface area contributed by atoms with Crippen molar-refractivity contribution in [1.29, 1.82) is 0 Å². The van der Waals surface area contributed by atoms with Crippen molar-refractivity contribution in [3.05, 3.63) is 24.0 Å². The van der Waals surface area contributed by atoms with Crippen LogP contribution in [0, 0.1) is 12.8 Å². The van der Waals surface area contributed by atoms with Gasteiger partial charge in [0.2, 0.25) is 5.91 Å². The number of aryl methyl sites for hydroxylation is 1. The van der Waals surface area contributed by atoms with Crippen LogP contribution in [0.5, 0.6) is 0 Å². The molecule has 1 amide bonds. The Labute approximate surface area is 132 Å². The fourth-order valence-corrected chi connectivity index (χ4v) is 2.54. The molecule has 1 saturated carbocycles. The highest BCUT2D eigenvalue weighted by molar-refractivity contribution is 5.91. The quantitative estimate of drug-likeness (QED) is 0.899. The molecule has 4 nitrogen and oxygen atoms in total. The minimum absolute atomic E-state index is 0. The molecule has 0 saturated heterocycles. The second kappa shape index (κ2) is 9.16. The fourth-order valence-electron chi connectivity index (χ4n) is 2.54. The number of nitrogens with one attached hydrogen (secondary N) is 1. The van der Waals surface area contributed by atoms with Crippen LogP contribution in [-0.2, 0) is 4.79 Å². The van der Waals surface area contributed by atoms with Gasteiger partial charge in [-0.05, 0) is 37.3 Å². The van der Waals surface area contributed by atoms with Gasteiger partial charge in [-0.25, -0.2) is 0 Å². The van der Waals surface area contributed by atoms with Gasteiger partial charge in [0.15, 0.2) is 0 Å². The molecule has 2 rings (SSSR count). The first kappa shape index (κ1) is 19.2. The SMILES string of the molecule is Cc1cnccc1NC(=O)CC1CCCCC1N.Cl.Cl. The number of amides is 1. The summed E-state index contributed by atoms with van der Waals surface area (Å²) in [6.07, 6.45) is 8.48. The maximum atomic E-state index is 12.0. The van der Waals surface area contributed by atoms with Crippen LogP contribution in [-0.4, -0.2) is 16.9 Å². The molecular formula is C14H23Cl2N3O. The summed E-state index contributed by atoms with van der Waals surface area (Å²) in [5.74, 6) is 0.396. The van der Waals surface area contributed by atoms with Gasteiger partial charge in [0.05, 0.1) is 0 Å². The molecule has 0 bridgehead atoms. The van der Waals surface area contributed by atoms with Crippen LogP contribution < -0.4 is 11.1 Å². The summed E-state index contributed by atoms with van der Waals surface area (Å²) in [7, 11) is 0. The van der Waals surface area contributed by atoms with Crippen LogP contribution in [0.4, 0.5) is 5.69 Å². The van der Waals surface area contributed by atoms with Crippen molar-refractivity contribution >= 4 is 36.4 Å². The third kappa shape index (κ3) is 5.27. The Hall–Kier alpha value is -0.840. The van der Waals surface area contributed by atoms with E-state index in [9.17, 15) is 4.79 Å². The first-order valence-corrected chi connectivity index (χ1v) is 6.63. The first-order chi connectivity index (χ1) is 8.66. The van der Waals surface area contributed by atoms with E-state index in [2.05, 4.69) is 10.3 Å². The molecule has 0 aromatic carbocycles. The maximum absolute atomic E-state index is 12.0. The molecule has 2 unspecified atom stereocenters. The van der Waals surface area contributed by atoms with Gasteiger partial charge in [0.25, 0.3) is 0 Å². The Morgan fingerprint density at radius 1 is 1.40 bits per heavy atom. The Balaban J connectivity index is 0.00000180. The van der Waals surface area contributed by atoms with E-state index in [1.165, 1.54) is 12.8 Å². The van der Waals surface area contributed by atoms with Crippen molar-refractivity contribution in [3.8, 4) is 0 Å². The average Bonchev–Trinajstić information content (AvgIpc) is 2.35. The number of hydrogen-bond donors (Lipinski definition) is 2. The predicted octanol–water partition coefficient (Wildman–Crippen LogP) is 3.08. The van der Waals surface area contributed by atoms with Crippen LogP contribution in [0.1, 0.15) is 37.7 Å². The summed E-state index contributed by atoms with van der Waals surface area (Å²) >= 11 is 0. The Kier molecular flexibility index (Phi) is 8.78. The van der Waals surface area contributed by atoms with E-state index in [1.807, 2.05) is 13.0 Å². The molecule has 1 aromatic heterocycles. The molecule has 1 aliphatic carbocycles. The monoisotopic (exact) mass is 319 g/mol. The maximum Gasteiger partial charge on any atom is 0.224 e.